The Labute approximate surface area is 250 Å². The van der Waals surface area contributed by atoms with Gasteiger partial charge in [-0.05, 0) is 59.7 Å². The van der Waals surface area contributed by atoms with Crippen LogP contribution in [0.15, 0.2) is 173 Å². The van der Waals surface area contributed by atoms with E-state index in [1.807, 2.05) is 60.8 Å². The van der Waals surface area contributed by atoms with Crippen molar-refractivity contribution in [3.05, 3.63) is 169 Å². The van der Waals surface area contributed by atoms with Crippen LogP contribution in [-0.2, 0) is 0 Å². The summed E-state index contributed by atoms with van der Waals surface area (Å²) in [5, 5.41) is 0. The van der Waals surface area contributed by atoms with Crippen LogP contribution in [0.2, 0.25) is 0 Å². The molecule has 0 radical (unpaired) electrons. The molecule has 3 heteroatoms. The molecule has 0 fully saturated rings. The van der Waals surface area contributed by atoms with Crippen molar-refractivity contribution in [1.29, 1.82) is 0 Å². The van der Waals surface area contributed by atoms with Crippen LogP contribution in [0.1, 0.15) is 30.9 Å². The molecule has 0 spiro atoms. The molecule has 42 heavy (non-hydrogen) atoms. The van der Waals surface area contributed by atoms with Gasteiger partial charge in [-0.25, -0.2) is 9.98 Å². The number of amidine groups is 2. The fraction of sp³-hybridized carbons (Fsp3) is 0.103. The zero-order valence-corrected chi connectivity index (χ0v) is 24.4. The summed E-state index contributed by atoms with van der Waals surface area (Å²) in [7, 11) is 1.77. The van der Waals surface area contributed by atoms with Gasteiger partial charge in [0.2, 0.25) is 0 Å². The molecule has 0 atom stereocenters. The van der Waals surface area contributed by atoms with Crippen molar-refractivity contribution in [3.8, 4) is 22.3 Å². The largest absolute Gasteiger partial charge is 0.270 e. The molecule has 4 rings (SSSR count). The number of aliphatic imine (C=N–C) groups is 3. The van der Waals surface area contributed by atoms with E-state index in [1.54, 1.807) is 7.05 Å². The lowest BCUT2D eigenvalue weighted by molar-refractivity contribution is 1.34. The quantitative estimate of drug-likeness (QED) is 0.0820. The monoisotopic (exact) mass is 547 g/mol. The maximum Gasteiger partial charge on any atom is 0.161 e. The first-order valence-electron chi connectivity index (χ1n) is 14.2. The molecule has 4 aromatic rings. The third-order valence-corrected chi connectivity index (χ3v) is 6.53. The Morgan fingerprint density at radius 2 is 1.21 bits per heavy atom. The highest BCUT2D eigenvalue weighted by molar-refractivity contribution is 6.14. The van der Waals surface area contributed by atoms with Crippen LogP contribution in [0.5, 0.6) is 0 Å². The van der Waals surface area contributed by atoms with Crippen LogP contribution < -0.4 is 0 Å². The third kappa shape index (κ3) is 8.94. The van der Waals surface area contributed by atoms with Gasteiger partial charge in [0.25, 0.3) is 0 Å². The first-order valence-corrected chi connectivity index (χ1v) is 14.2. The SMILES string of the molecule is C=CC/C=C\C=C/C/C=C(\C)C=NC(=NC(=NC)c1cccc(-c2cccc(-c3ccccc3)c2)c1)c1ccccc1. The maximum atomic E-state index is 4.96. The van der Waals surface area contributed by atoms with Crippen LogP contribution in [0, 0.1) is 0 Å². The van der Waals surface area contributed by atoms with Crippen molar-refractivity contribution in [2.75, 3.05) is 7.05 Å². The second-order valence-corrected chi connectivity index (χ2v) is 9.70. The normalized spacial score (nSPS) is 13.0. The molecule has 0 saturated heterocycles. The number of benzene rings is 4. The molecule has 0 aliphatic rings. The topological polar surface area (TPSA) is 37.1 Å². The van der Waals surface area contributed by atoms with Crippen molar-refractivity contribution in [3.63, 3.8) is 0 Å². The second-order valence-electron chi connectivity index (χ2n) is 9.70. The zero-order valence-electron chi connectivity index (χ0n) is 24.4. The molecule has 4 aromatic carbocycles. The van der Waals surface area contributed by atoms with Crippen molar-refractivity contribution >= 4 is 17.9 Å². The van der Waals surface area contributed by atoms with Crippen molar-refractivity contribution in [2.45, 2.75) is 19.8 Å². The predicted molar refractivity (Wildman–Crippen MR) is 183 cm³/mol. The number of hydrogen-bond donors (Lipinski definition) is 0. The van der Waals surface area contributed by atoms with Crippen molar-refractivity contribution in [1.82, 2.24) is 0 Å². The Morgan fingerprint density at radius 3 is 1.90 bits per heavy atom. The van der Waals surface area contributed by atoms with Gasteiger partial charge in [0.15, 0.2) is 11.7 Å². The standard InChI is InChI=1S/C39H37N3/c1-4-5-6-7-8-9-12-19-31(2)30-41-39(33-22-15-11-16-23-33)42-38(40-3)37-27-18-26-36(29-37)35-25-17-24-34(28-35)32-20-13-10-14-21-32/h4,6-11,13-30H,1,5,12H2,2-3H3/b7-6-,9-8-,31-19+,40-38?,41-30?,42-39?. The van der Waals surface area contributed by atoms with Gasteiger partial charge in [0.1, 0.15) is 0 Å². The summed E-state index contributed by atoms with van der Waals surface area (Å²) in [6, 6.07) is 37.4. The number of nitrogens with zero attached hydrogens (tertiary/aromatic N) is 3. The summed E-state index contributed by atoms with van der Waals surface area (Å²) in [4.78, 5) is 14.3. The van der Waals surface area contributed by atoms with Gasteiger partial charge in [-0.3, -0.25) is 4.99 Å². The summed E-state index contributed by atoms with van der Waals surface area (Å²) in [6.07, 6.45) is 15.9. The molecular formula is C39H37N3. The first kappa shape index (κ1) is 29.8. The van der Waals surface area contributed by atoms with E-state index < -0.39 is 0 Å². The summed E-state index contributed by atoms with van der Waals surface area (Å²) >= 11 is 0. The lowest BCUT2D eigenvalue weighted by Gasteiger charge is -2.09. The van der Waals surface area contributed by atoms with Gasteiger partial charge in [-0.1, -0.05) is 134 Å². The zero-order chi connectivity index (χ0) is 29.4. The van der Waals surface area contributed by atoms with E-state index in [0.29, 0.717) is 11.7 Å². The van der Waals surface area contributed by atoms with E-state index >= 15 is 0 Å². The molecule has 0 aliphatic carbocycles. The van der Waals surface area contributed by atoms with E-state index in [-0.39, 0.29) is 0 Å². The molecule has 0 saturated carbocycles. The summed E-state index contributed by atoms with van der Waals surface area (Å²) in [6.45, 7) is 5.78. The highest BCUT2D eigenvalue weighted by atomic mass is 15.0. The van der Waals surface area contributed by atoms with Gasteiger partial charge in [0.05, 0.1) is 0 Å². The van der Waals surface area contributed by atoms with Crippen LogP contribution in [0.4, 0.5) is 0 Å². The predicted octanol–water partition coefficient (Wildman–Crippen LogP) is 9.94. The molecule has 0 amide bonds. The summed E-state index contributed by atoms with van der Waals surface area (Å²) in [5.41, 5.74) is 7.56. The second kappa shape index (κ2) is 16.2. The number of allylic oxidation sites excluding steroid dienone is 7. The Bertz CT molecular complexity index is 1640. The minimum absolute atomic E-state index is 0.614. The molecule has 208 valence electrons. The average Bonchev–Trinajstić information content (AvgIpc) is 3.05. The molecule has 0 heterocycles. The Balaban J connectivity index is 1.60. The minimum Gasteiger partial charge on any atom is -0.270 e. The van der Waals surface area contributed by atoms with E-state index in [0.717, 1.165) is 40.7 Å². The van der Waals surface area contributed by atoms with E-state index in [4.69, 9.17) is 9.98 Å². The molecule has 0 aromatic heterocycles. The fourth-order valence-electron chi connectivity index (χ4n) is 4.33. The Hall–Kier alpha value is -5.15. The molecule has 3 nitrogen and oxygen atoms in total. The highest BCUT2D eigenvalue weighted by Gasteiger charge is 2.09. The van der Waals surface area contributed by atoms with E-state index in [9.17, 15) is 0 Å². The first-order chi connectivity index (χ1) is 20.7. The van der Waals surface area contributed by atoms with Gasteiger partial charge in [0, 0.05) is 24.4 Å². The molecule has 0 bridgehead atoms. The maximum absolute atomic E-state index is 4.96. The lowest BCUT2D eigenvalue weighted by atomic mass is 9.98. The molecular weight excluding hydrogens is 510 g/mol. The molecule has 0 unspecified atom stereocenters. The van der Waals surface area contributed by atoms with Gasteiger partial charge >= 0.3 is 0 Å². The lowest BCUT2D eigenvalue weighted by Crippen LogP contribution is -2.05. The molecule has 0 aliphatic heterocycles. The fourth-order valence-corrected chi connectivity index (χ4v) is 4.33. The van der Waals surface area contributed by atoms with Crippen LogP contribution in [0.25, 0.3) is 22.3 Å². The van der Waals surface area contributed by atoms with Crippen LogP contribution >= 0.6 is 0 Å². The van der Waals surface area contributed by atoms with E-state index in [2.05, 4.69) is 110 Å². The minimum atomic E-state index is 0.614. The Kier molecular flexibility index (Phi) is 11.5. The van der Waals surface area contributed by atoms with E-state index in [1.165, 1.54) is 11.1 Å². The van der Waals surface area contributed by atoms with Crippen molar-refractivity contribution < 1.29 is 0 Å². The van der Waals surface area contributed by atoms with Gasteiger partial charge in [-0.2, -0.15) is 0 Å². The van der Waals surface area contributed by atoms with Gasteiger partial charge in [-0.15, -0.1) is 6.58 Å². The third-order valence-electron chi connectivity index (χ3n) is 6.53. The number of rotatable bonds is 10. The Morgan fingerprint density at radius 1 is 0.643 bits per heavy atom. The number of hydrogen-bond acceptors (Lipinski definition) is 1. The molecule has 0 N–H and O–H groups in total. The van der Waals surface area contributed by atoms with Gasteiger partial charge < -0.3 is 0 Å². The smallest absolute Gasteiger partial charge is 0.161 e. The highest BCUT2D eigenvalue weighted by Crippen LogP contribution is 2.27. The summed E-state index contributed by atoms with van der Waals surface area (Å²) in [5.74, 6) is 1.24. The van der Waals surface area contributed by atoms with Crippen molar-refractivity contribution in [2.24, 2.45) is 15.0 Å². The van der Waals surface area contributed by atoms with Crippen LogP contribution in [0.3, 0.4) is 0 Å². The summed E-state index contributed by atoms with van der Waals surface area (Å²) < 4.78 is 0. The van der Waals surface area contributed by atoms with Crippen LogP contribution in [-0.4, -0.2) is 24.9 Å². The average molecular weight is 548 g/mol.